The number of amides is 1. The van der Waals surface area contributed by atoms with Gasteiger partial charge >= 0.3 is 0 Å². The fourth-order valence-electron chi connectivity index (χ4n) is 1.93. The highest BCUT2D eigenvalue weighted by Crippen LogP contribution is 2.29. The van der Waals surface area contributed by atoms with E-state index in [1.54, 1.807) is 12.1 Å². The number of hydrogen-bond donors (Lipinski definition) is 1. The van der Waals surface area contributed by atoms with Crippen LogP contribution in [0.5, 0.6) is 5.75 Å². The van der Waals surface area contributed by atoms with Crippen LogP contribution in [0.1, 0.15) is 29.2 Å². The van der Waals surface area contributed by atoms with Gasteiger partial charge in [-0.3, -0.25) is 14.9 Å². The van der Waals surface area contributed by atoms with E-state index in [1.165, 1.54) is 18.2 Å². The summed E-state index contributed by atoms with van der Waals surface area (Å²) < 4.78 is 10.8. The number of ether oxygens (including phenoxy) is 1. The lowest BCUT2D eigenvalue weighted by Crippen LogP contribution is -2.24. The molecular weight excluding hydrogens is 324 g/mol. The van der Waals surface area contributed by atoms with E-state index in [-0.39, 0.29) is 40.8 Å². The molecule has 23 heavy (non-hydrogen) atoms. The van der Waals surface area contributed by atoms with E-state index in [1.807, 2.05) is 0 Å². The first-order valence-electron chi connectivity index (χ1n) is 6.99. The van der Waals surface area contributed by atoms with Crippen LogP contribution in [0.25, 0.3) is 0 Å². The highest BCUT2D eigenvalue weighted by molar-refractivity contribution is 6.32. The molecular formula is C15H13ClN2O5. The van der Waals surface area contributed by atoms with E-state index in [9.17, 15) is 14.9 Å². The van der Waals surface area contributed by atoms with Gasteiger partial charge in [-0.15, -0.1) is 0 Å². The third-order valence-electron chi connectivity index (χ3n) is 3.29. The zero-order valence-corrected chi connectivity index (χ0v) is 12.7. The second-order valence-corrected chi connectivity index (χ2v) is 5.58. The number of hydrogen-bond acceptors (Lipinski definition) is 5. The number of nitrogens with zero attached hydrogens (tertiary/aromatic N) is 1. The molecule has 0 bridgehead atoms. The second kappa shape index (κ2) is 6.29. The average molecular weight is 337 g/mol. The van der Waals surface area contributed by atoms with E-state index in [0.717, 1.165) is 12.8 Å². The Kier molecular flexibility index (Phi) is 4.20. The Morgan fingerprint density at radius 3 is 2.87 bits per heavy atom. The van der Waals surface area contributed by atoms with Crippen LogP contribution >= 0.6 is 11.6 Å². The summed E-state index contributed by atoms with van der Waals surface area (Å²) in [5.74, 6) is 0.558. The van der Waals surface area contributed by atoms with Gasteiger partial charge in [0.2, 0.25) is 0 Å². The number of non-ortho nitro benzene ring substituents is 1. The van der Waals surface area contributed by atoms with Crippen LogP contribution in [-0.4, -0.2) is 16.9 Å². The fraction of sp³-hybridized carbons (Fsp3) is 0.267. The van der Waals surface area contributed by atoms with Gasteiger partial charge in [0.15, 0.2) is 5.76 Å². The minimum atomic E-state index is -0.531. The molecule has 1 amide bonds. The molecule has 1 heterocycles. The van der Waals surface area contributed by atoms with Gasteiger partial charge in [-0.25, -0.2) is 0 Å². The normalized spacial score (nSPS) is 13.6. The summed E-state index contributed by atoms with van der Waals surface area (Å²) in [5.41, 5.74) is -0.117. The number of nitro groups is 1. The third-order valence-corrected chi connectivity index (χ3v) is 3.61. The maximum Gasteiger partial charge on any atom is 0.287 e. The Hall–Kier alpha value is -2.54. The van der Waals surface area contributed by atoms with Crippen LogP contribution < -0.4 is 10.1 Å². The van der Waals surface area contributed by atoms with Crippen LogP contribution in [0.15, 0.2) is 34.7 Å². The van der Waals surface area contributed by atoms with Crippen LogP contribution in [-0.2, 0) is 6.61 Å². The smallest absolute Gasteiger partial charge is 0.287 e. The largest absolute Gasteiger partial charge is 0.484 e. The van der Waals surface area contributed by atoms with Crippen molar-refractivity contribution in [1.29, 1.82) is 0 Å². The highest BCUT2D eigenvalue weighted by Gasteiger charge is 2.25. The van der Waals surface area contributed by atoms with Crippen molar-refractivity contribution in [2.75, 3.05) is 0 Å². The number of nitrogens with one attached hydrogen (secondary N) is 1. The molecule has 7 nitrogen and oxygen atoms in total. The van der Waals surface area contributed by atoms with Crippen LogP contribution in [0.2, 0.25) is 5.02 Å². The Balaban J connectivity index is 1.64. The minimum absolute atomic E-state index is 0.0115. The molecule has 120 valence electrons. The van der Waals surface area contributed by atoms with E-state index < -0.39 is 4.92 Å². The van der Waals surface area contributed by atoms with E-state index in [0.29, 0.717) is 5.76 Å². The number of nitro benzene ring substituents is 1. The maximum atomic E-state index is 11.8. The fourth-order valence-corrected chi connectivity index (χ4v) is 2.10. The molecule has 0 radical (unpaired) electrons. The molecule has 0 saturated heterocycles. The molecule has 1 aromatic heterocycles. The Morgan fingerprint density at radius 1 is 1.39 bits per heavy atom. The molecule has 3 rings (SSSR count). The van der Waals surface area contributed by atoms with Crippen molar-refractivity contribution in [3.63, 3.8) is 0 Å². The van der Waals surface area contributed by atoms with Crippen LogP contribution in [0.3, 0.4) is 0 Å². The van der Waals surface area contributed by atoms with Crippen LogP contribution in [0.4, 0.5) is 5.69 Å². The Bertz CT molecular complexity index is 754. The molecule has 0 aliphatic heterocycles. The summed E-state index contributed by atoms with van der Waals surface area (Å²) in [6.07, 6.45) is 1.99. The maximum absolute atomic E-state index is 11.8. The molecule has 8 heteroatoms. The SMILES string of the molecule is O=C(NC1CC1)c1ccc(COc2cc([N+](=O)[O-])ccc2Cl)o1. The average Bonchev–Trinajstić information content (AvgIpc) is 3.20. The molecule has 1 saturated carbocycles. The first kappa shape index (κ1) is 15.4. The molecule has 2 aromatic rings. The lowest BCUT2D eigenvalue weighted by atomic mass is 10.3. The van der Waals surface area contributed by atoms with E-state index in [2.05, 4.69) is 5.32 Å². The number of carbonyl (C=O) groups is 1. The van der Waals surface area contributed by atoms with Crippen LogP contribution in [0, 0.1) is 10.1 Å². The number of furan rings is 1. The van der Waals surface area contributed by atoms with Crippen molar-refractivity contribution in [1.82, 2.24) is 5.32 Å². The summed E-state index contributed by atoms with van der Waals surface area (Å²) in [7, 11) is 0. The monoisotopic (exact) mass is 336 g/mol. The lowest BCUT2D eigenvalue weighted by molar-refractivity contribution is -0.384. The van der Waals surface area contributed by atoms with Crippen molar-refractivity contribution in [2.24, 2.45) is 0 Å². The van der Waals surface area contributed by atoms with Crippen molar-refractivity contribution in [2.45, 2.75) is 25.5 Å². The summed E-state index contributed by atoms with van der Waals surface area (Å²) in [5, 5.41) is 13.8. The van der Waals surface area contributed by atoms with Gasteiger partial charge in [-0.1, -0.05) is 11.6 Å². The first-order valence-corrected chi connectivity index (χ1v) is 7.37. The van der Waals surface area contributed by atoms with Crippen molar-refractivity contribution < 1.29 is 18.9 Å². The van der Waals surface area contributed by atoms with Gasteiger partial charge in [-0.2, -0.15) is 0 Å². The number of benzene rings is 1. The van der Waals surface area contributed by atoms with Gasteiger partial charge in [0.05, 0.1) is 16.0 Å². The van der Waals surface area contributed by atoms with Crippen molar-refractivity contribution in [3.05, 3.63) is 57.0 Å². The van der Waals surface area contributed by atoms with Gasteiger partial charge < -0.3 is 14.5 Å². The third kappa shape index (κ3) is 3.81. The lowest BCUT2D eigenvalue weighted by Gasteiger charge is -2.06. The molecule has 0 unspecified atom stereocenters. The van der Waals surface area contributed by atoms with Crippen molar-refractivity contribution >= 4 is 23.2 Å². The molecule has 0 spiro atoms. The summed E-state index contributed by atoms with van der Waals surface area (Å²) in [6, 6.07) is 7.36. The number of halogens is 1. The molecule has 1 aliphatic rings. The summed E-state index contributed by atoms with van der Waals surface area (Å²) >= 11 is 5.94. The van der Waals surface area contributed by atoms with Gasteiger partial charge in [-0.05, 0) is 31.0 Å². The quantitative estimate of drug-likeness (QED) is 0.645. The van der Waals surface area contributed by atoms with Gasteiger partial charge in [0.1, 0.15) is 18.1 Å². The Morgan fingerprint density at radius 2 is 2.17 bits per heavy atom. The van der Waals surface area contributed by atoms with Gasteiger partial charge in [0, 0.05) is 12.1 Å². The molecule has 0 atom stereocenters. The topological polar surface area (TPSA) is 94.6 Å². The standard InChI is InChI=1S/C15H13ClN2O5/c16-12-5-3-10(18(20)21)7-14(12)22-8-11-4-6-13(23-11)15(19)17-9-1-2-9/h3-7,9H,1-2,8H2,(H,17,19). The number of rotatable bonds is 6. The van der Waals surface area contributed by atoms with E-state index in [4.69, 9.17) is 20.8 Å². The molecule has 1 aromatic carbocycles. The zero-order valence-electron chi connectivity index (χ0n) is 12.0. The Labute approximate surface area is 136 Å². The van der Waals surface area contributed by atoms with E-state index >= 15 is 0 Å². The predicted molar refractivity (Wildman–Crippen MR) is 81.6 cm³/mol. The minimum Gasteiger partial charge on any atom is -0.484 e. The summed E-state index contributed by atoms with van der Waals surface area (Å²) in [6.45, 7) is 0.0115. The van der Waals surface area contributed by atoms with Crippen molar-refractivity contribution in [3.8, 4) is 5.75 Å². The predicted octanol–water partition coefficient (Wildman–Crippen LogP) is 3.31. The second-order valence-electron chi connectivity index (χ2n) is 5.17. The highest BCUT2D eigenvalue weighted by atomic mass is 35.5. The zero-order chi connectivity index (χ0) is 16.4. The van der Waals surface area contributed by atoms with Gasteiger partial charge in [0.25, 0.3) is 11.6 Å². The first-order chi connectivity index (χ1) is 11.0. The molecule has 1 fully saturated rings. The number of carbonyl (C=O) groups excluding carboxylic acids is 1. The summed E-state index contributed by atoms with van der Waals surface area (Å²) in [4.78, 5) is 22.0. The molecule has 1 N–H and O–H groups in total. The molecule has 1 aliphatic carbocycles.